The van der Waals surface area contributed by atoms with Crippen LogP contribution in [0.25, 0.3) is 0 Å². The molecular formula is C16H25N5O5S. The van der Waals surface area contributed by atoms with E-state index in [4.69, 9.17) is 0 Å². The standard InChI is InChI=1S/C16H25N5O5S/c1-19(27(25,26)15-5-2-4-14(12-15)21(23)24)13-16(22)18-6-3-9-20-10-7-17-8-11-20/h2,4-5,12,17H,3,6-11,13H2,1H3,(H,18,22). The third kappa shape index (κ3) is 6.24. The maximum Gasteiger partial charge on any atom is 0.270 e. The Bertz CT molecular complexity index is 764. The monoisotopic (exact) mass is 399 g/mol. The summed E-state index contributed by atoms with van der Waals surface area (Å²) in [6, 6.07) is 4.76. The minimum absolute atomic E-state index is 0.217. The molecule has 10 nitrogen and oxygen atoms in total. The summed E-state index contributed by atoms with van der Waals surface area (Å²) in [7, 11) is -2.71. The Morgan fingerprint density at radius 3 is 2.74 bits per heavy atom. The van der Waals surface area contributed by atoms with Crippen LogP contribution in [0.4, 0.5) is 5.69 Å². The third-order valence-corrected chi connectivity index (χ3v) is 6.09. The fourth-order valence-electron chi connectivity index (χ4n) is 2.75. The molecule has 1 aliphatic heterocycles. The van der Waals surface area contributed by atoms with Gasteiger partial charge in [0.1, 0.15) is 0 Å². The first kappa shape index (κ1) is 21.2. The Kier molecular flexibility index (Phi) is 7.66. The second kappa shape index (κ2) is 9.74. The van der Waals surface area contributed by atoms with Crippen LogP contribution in [-0.2, 0) is 14.8 Å². The number of carbonyl (C=O) groups is 1. The zero-order valence-corrected chi connectivity index (χ0v) is 16.1. The summed E-state index contributed by atoms with van der Waals surface area (Å²) >= 11 is 0. The van der Waals surface area contributed by atoms with E-state index in [1.807, 2.05) is 0 Å². The number of amides is 1. The number of likely N-dealkylation sites (N-methyl/N-ethyl adjacent to an activating group) is 1. The predicted molar refractivity (Wildman–Crippen MR) is 99.8 cm³/mol. The number of sulfonamides is 1. The Hall–Kier alpha value is -2.08. The van der Waals surface area contributed by atoms with Crippen molar-refractivity contribution in [3.05, 3.63) is 34.4 Å². The first-order chi connectivity index (χ1) is 12.8. The lowest BCUT2D eigenvalue weighted by atomic mass is 10.3. The Labute approximate surface area is 158 Å². The van der Waals surface area contributed by atoms with Crippen LogP contribution in [0.1, 0.15) is 6.42 Å². The number of rotatable bonds is 9. The highest BCUT2D eigenvalue weighted by Crippen LogP contribution is 2.19. The molecule has 2 N–H and O–H groups in total. The van der Waals surface area contributed by atoms with E-state index in [-0.39, 0.29) is 17.1 Å². The summed E-state index contributed by atoms with van der Waals surface area (Å²) in [5, 5.41) is 16.8. The molecule has 2 rings (SSSR count). The van der Waals surface area contributed by atoms with Crippen molar-refractivity contribution in [3.63, 3.8) is 0 Å². The largest absolute Gasteiger partial charge is 0.355 e. The highest BCUT2D eigenvalue weighted by atomic mass is 32.2. The van der Waals surface area contributed by atoms with Crippen molar-refractivity contribution < 1.29 is 18.1 Å². The molecule has 1 heterocycles. The van der Waals surface area contributed by atoms with Gasteiger partial charge in [-0.15, -0.1) is 0 Å². The molecule has 0 saturated carbocycles. The average molecular weight is 399 g/mol. The van der Waals surface area contributed by atoms with Gasteiger partial charge in [-0.05, 0) is 19.0 Å². The molecule has 11 heteroatoms. The number of hydrogen-bond donors (Lipinski definition) is 2. The molecule has 1 aromatic rings. The van der Waals surface area contributed by atoms with E-state index in [0.29, 0.717) is 6.54 Å². The summed E-state index contributed by atoms with van der Waals surface area (Å²) in [5.41, 5.74) is -0.318. The SMILES string of the molecule is CN(CC(=O)NCCCN1CCNCC1)S(=O)(=O)c1cccc([N+](=O)[O-])c1. The van der Waals surface area contributed by atoms with Gasteiger partial charge in [-0.3, -0.25) is 14.9 Å². The Morgan fingerprint density at radius 1 is 1.37 bits per heavy atom. The van der Waals surface area contributed by atoms with Crippen molar-refractivity contribution in [2.24, 2.45) is 0 Å². The van der Waals surface area contributed by atoms with Crippen molar-refractivity contribution in [1.82, 2.24) is 19.8 Å². The number of piperazine rings is 1. The van der Waals surface area contributed by atoms with Crippen molar-refractivity contribution >= 4 is 21.6 Å². The second-order valence-corrected chi connectivity index (χ2v) is 8.36. The molecule has 1 fully saturated rings. The van der Waals surface area contributed by atoms with E-state index in [2.05, 4.69) is 15.5 Å². The van der Waals surface area contributed by atoms with Crippen LogP contribution in [0.15, 0.2) is 29.2 Å². The van der Waals surface area contributed by atoms with Gasteiger partial charge in [0.05, 0.1) is 16.4 Å². The molecule has 0 bridgehead atoms. The van der Waals surface area contributed by atoms with Crippen LogP contribution in [0.2, 0.25) is 0 Å². The summed E-state index contributed by atoms with van der Waals surface area (Å²) in [4.78, 5) is 24.3. The fraction of sp³-hybridized carbons (Fsp3) is 0.562. The number of benzene rings is 1. The average Bonchev–Trinajstić information content (AvgIpc) is 2.66. The molecular weight excluding hydrogens is 374 g/mol. The van der Waals surface area contributed by atoms with Crippen LogP contribution >= 0.6 is 0 Å². The number of non-ortho nitro benzene ring substituents is 1. The highest BCUT2D eigenvalue weighted by Gasteiger charge is 2.24. The lowest BCUT2D eigenvalue weighted by Gasteiger charge is -2.27. The molecule has 0 aliphatic carbocycles. The quantitative estimate of drug-likeness (QED) is 0.330. The number of carbonyl (C=O) groups excluding carboxylic acids is 1. The first-order valence-corrected chi connectivity index (χ1v) is 10.2. The maximum absolute atomic E-state index is 12.5. The molecule has 0 spiro atoms. The zero-order valence-electron chi connectivity index (χ0n) is 15.3. The van der Waals surface area contributed by atoms with Crippen molar-refractivity contribution in [2.75, 3.05) is 52.9 Å². The maximum atomic E-state index is 12.5. The smallest absolute Gasteiger partial charge is 0.270 e. The van der Waals surface area contributed by atoms with Gasteiger partial charge in [-0.25, -0.2) is 8.42 Å². The lowest BCUT2D eigenvalue weighted by molar-refractivity contribution is -0.385. The van der Waals surface area contributed by atoms with Crippen LogP contribution in [-0.4, -0.2) is 81.3 Å². The zero-order chi connectivity index (χ0) is 19.9. The van der Waals surface area contributed by atoms with Gasteiger partial charge < -0.3 is 15.5 Å². The predicted octanol–water partition coefficient (Wildman–Crippen LogP) is -0.373. The minimum Gasteiger partial charge on any atom is -0.355 e. The van der Waals surface area contributed by atoms with E-state index in [1.54, 1.807) is 0 Å². The normalized spacial score (nSPS) is 15.6. The highest BCUT2D eigenvalue weighted by molar-refractivity contribution is 7.89. The van der Waals surface area contributed by atoms with Crippen LogP contribution in [0.5, 0.6) is 0 Å². The molecule has 1 saturated heterocycles. The molecule has 1 aromatic carbocycles. The molecule has 1 aliphatic rings. The molecule has 0 aromatic heterocycles. The topological polar surface area (TPSA) is 125 Å². The van der Waals surface area contributed by atoms with Gasteiger partial charge in [-0.2, -0.15) is 4.31 Å². The number of nitro benzene ring substituents is 1. The van der Waals surface area contributed by atoms with Gasteiger partial charge in [0.2, 0.25) is 15.9 Å². The van der Waals surface area contributed by atoms with E-state index in [9.17, 15) is 23.3 Å². The molecule has 0 atom stereocenters. The summed E-state index contributed by atoms with van der Waals surface area (Å²) in [6.45, 7) is 4.89. The van der Waals surface area contributed by atoms with Gasteiger partial charge in [0, 0.05) is 51.9 Å². The van der Waals surface area contributed by atoms with E-state index in [1.165, 1.54) is 25.2 Å². The summed E-state index contributed by atoms with van der Waals surface area (Å²) in [6.07, 6.45) is 0.785. The molecule has 150 valence electrons. The second-order valence-electron chi connectivity index (χ2n) is 6.31. The van der Waals surface area contributed by atoms with E-state index in [0.717, 1.165) is 49.5 Å². The third-order valence-electron chi connectivity index (χ3n) is 4.29. The molecule has 1 amide bonds. The van der Waals surface area contributed by atoms with Gasteiger partial charge in [-0.1, -0.05) is 6.07 Å². The summed E-state index contributed by atoms with van der Waals surface area (Å²) in [5.74, 6) is -0.410. The van der Waals surface area contributed by atoms with Crippen molar-refractivity contribution in [1.29, 1.82) is 0 Å². The van der Waals surface area contributed by atoms with Gasteiger partial charge in [0.25, 0.3) is 5.69 Å². The first-order valence-electron chi connectivity index (χ1n) is 8.71. The molecule has 27 heavy (non-hydrogen) atoms. The number of nitrogens with one attached hydrogen (secondary N) is 2. The van der Waals surface area contributed by atoms with E-state index < -0.39 is 20.9 Å². The lowest BCUT2D eigenvalue weighted by Crippen LogP contribution is -2.44. The number of nitro groups is 1. The van der Waals surface area contributed by atoms with Crippen LogP contribution in [0, 0.1) is 10.1 Å². The molecule has 0 radical (unpaired) electrons. The summed E-state index contributed by atoms with van der Waals surface area (Å²) < 4.78 is 25.9. The Morgan fingerprint density at radius 2 is 2.07 bits per heavy atom. The minimum atomic E-state index is -3.98. The van der Waals surface area contributed by atoms with Crippen molar-refractivity contribution in [2.45, 2.75) is 11.3 Å². The van der Waals surface area contributed by atoms with Gasteiger partial charge in [0.15, 0.2) is 0 Å². The van der Waals surface area contributed by atoms with Crippen molar-refractivity contribution in [3.8, 4) is 0 Å². The number of nitrogens with zero attached hydrogens (tertiary/aromatic N) is 3. The molecule has 0 unspecified atom stereocenters. The fourth-order valence-corrected chi connectivity index (χ4v) is 3.91. The Balaban J connectivity index is 1.82. The van der Waals surface area contributed by atoms with Crippen LogP contribution in [0.3, 0.4) is 0 Å². The van der Waals surface area contributed by atoms with Gasteiger partial charge >= 0.3 is 0 Å². The number of hydrogen-bond acceptors (Lipinski definition) is 7. The van der Waals surface area contributed by atoms with Crippen LogP contribution < -0.4 is 10.6 Å². The van der Waals surface area contributed by atoms with E-state index >= 15 is 0 Å².